The molecule has 3 N–H and O–H groups in total. The zero-order valence-electron chi connectivity index (χ0n) is 9.95. The van der Waals surface area contributed by atoms with Crippen molar-refractivity contribution < 1.29 is 14.3 Å². The van der Waals surface area contributed by atoms with E-state index in [-0.39, 0.29) is 5.97 Å². The Morgan fingerprint density at radius 2 is 2.12 bits per heavy atom. The minimum absolute atomic E-state index is 0.295. The highest BCUT2D eigenvalue weighted by atomic mass is 16.5. The minimum atomic E-state index is -0.593. The zero-order chi connectivity index (χ0) is 12.8. The second-order valence-corrected chi connectivity index (χ2v) is 3.55. The number of urea groups is 1. The first-order valence-electron chi connectivity index (χ1n) is 5.32. The lowest BCUT2D eigenvalue weighted by atomic mass is 10.0. The number of nitrogens with one attached hydrogen (secondary N) is 1. The first kappa shape index (κ1) is 13.0. The molecule has 5 heteroatoms. The minimum Gasteiger partial charge on any atom is -0.465 e. The van der Waals surface area contributed by atoms with Crippen molar-refractivity contribution in [2.24, 2.45) is 5.73 Å². The van der Waals surface area contributed by atoms with Gasteiger partial charge in [-0.3, -0.25) is 0 Å². The average Bonchev–Trinajstić information content (AvgIpc) is 2.34. The second kappa shape index (κ2) is 5.89. The van der Waals surface area contributed by atoms with Crippen molar-refractivity contribution in [3.05, 3.63) is 34.9 Å². The van der Waals surface area contributed by atoms with Crippen LogP contribution in [-0.4, -0.2) is 19.1 Å². The first-order chi connectivity index (χ1) is 8.08. The first-order valence-corrected chi connectivity index (χ1v) is 5.32. The van der Waals surface area contributed by atoms with E-state index in [0.717, 1.165) is 17.5 Å². The van der Waals surface area contributed by atoms with Gasteiger partial charge in [-0.15, -0.1) is 0 Å². The van der Waals surface area contributed by atoms with Crippen molar-refractivity contribution in [3.63, 3.8) is 0 Å². The van der Waals surface area contributed by atoms with Crippen molar-refractivity contribution in [2.45, 2.75) is 19.9 Å². The monoisotopic (exact) mass is 236 g/mol. The summed E-state index contributed by atoms with van der Waals surface area (Å²) in [6, 6.07) is 4.82. The highest BCUT2D eigenvalue weighted by Gasteiger charge is 2.11. The van der Waals surface area contributed by atoms with Gasteiger partial charge in [-0.25, -0.2) is 9.59 Å². The van der Waals surface area contributed by atoms with Gasteiger partial charge in [0.2, 0.25) is 0 Å². The molecule has 0 aliphatic carbocycles. The van der Waals surface area contributed by atoms with E-state index < -0.39 is 6.03 Å². The van der Waals surface area contributed by atoms with Gasteiger partial charge >= 0.3 is 12.0 Å². The Kier molecular flexibility index (Phi) is 4.51. The molecule has 17 heavy (non-hydrogen) atoms. The molecule has 0 saturated carbocycles. The van der Waals surface area contributed by atoms with Crippen LogP contribution < -0.4 is 11.1 Å². The summed E-state index contributed by atoms with van der Waals surface area (Å²) in [6.45, 7) is 2.26. The number of esters is 1. The largest absolute Gasteiger partial charge is 0.465 e. The normalized spacial score (nSPS) is 9.76. The molecule has 0 aromatic heterocycles. The molecule has 0 heterocycles. The molecule has 0 aliphatic heterocycles. The maximum absolute atomic E-state index is 11.5. The SMILES string of the molecule is CCc1ccc(CNC(N)=O)cc1C(=O)OC. The van der Waals surface area contributed by atoms with Crippen LogP contribution in [0.1, 0.15) is 28.4 Å². The van der Waals surface area contributed by atoms with Gasteiger partial charge in [0, 0.05) is 6.54 Å². The maximum Gasteiger partial charge on any atom is 0.338 e. The summed E-state index contributed by atoms with van der Waals surface area (Å²) in [5.41, 5.74) is 7.23. The number of primary amides is 1. The van der Waals surface area contributed by atoms with E-state index in [1.807, 2.05) is 19.1 Å². The predicted octanol–water partition coefficient (Wildman–Crippen LogP) is 1.20. The van der Waals surface area contributed by atoms with Gasteiger partial charge in [-0.2, -0.15) is 0 Å². The lowest BCUT2D eigenvalue weighted by Gasteiger charge is -2.09. The van der Waals surface area contributed by atoms with Gasteiger partial charge in [-0.1, -0.05) is 19.1 Å². The lowest BCUT2D eigenvalue weighted by Crippen LogP contribution is -2.28. The Labute approximate surface area is 99.9 Å². The van der Waals surface area contributed by atoms with Crippen LogP contribution in [0.4, 0.5) is 4.79 Å². The standard InChI is InChI=1S/C12H16N2O3/c1-3-9-5-4-8(7-14-12(13)16)6-10(9)11(15)17-2/h4-6H,3,7H2,1-2H3,(H3,13,14,16). The number of ether oxygens (including phenoxy) is 1. The van der Waals surface area contributed by atoms with Crippen molar-refractivity contribution in [2.75, 3.05) is 7.11 Å². The Hall–Kier alpha value is -2.04. The molecule has 92 valence electrons. The van der Waals surface area contributed by atoms with Gasteiger partial charge in [0.25, 0.3) is 0 Å². The van der Waals surface area contributed by atoms with Crippen molar-refractivity contribution in [1.82, 2.24) is 5.32 Å². The Morgan fingerprint density at radius 3 is 2.65 bits per heavy atom. The summed E-state index contributed by atoms with van der Waals surface area (Å²) < 4.78 is 4.71. The molecule has 1 rings (SSSR count). The number of methoxy groups -OCH3 is 1. The van der Waals surface area contributed by atoms with Crippen LogP contribution in [0.2, 0.25) is 0 Å². The van der Waals surface area contributed by atoms with Gasteiger partial charge in [0.05, 0.1) is 12.7 Å². The summed E-state index contributed by atoms with van der Waals surface area (Å²) in [4.78, 5) is 22.1. The summed E-state index contributed by atoms with van der Waals surface area (Å²) in [5, 5.41) is 2.47. The van der Waals surface area contributed by atoms with E-state index in [4.69, 9.17) is 10.5 Å². The molecule has 0 fully saturated rings. The quantitative estimate of drug-likeness (QED) is 0.771. The molecule has 0 saturated heterocycles. The van der Waals surface area contributed by atoms with Crippen LogP contribution in [0.5, 0.6) is 0 Å². The summed E-state index contributed by atoms with van der Waals surface area (Å²) in [7, 11) is 1.34. The van der Waals surface area contributed by atoms with E-state index in [1.165, 1.54) is 7.11 Å². The predicted molar refractivity (Wildman–Crippen MR) is 63.6 cm³/mol. The molecule has 0 spiro atoms. The van der Waals surface area contributed by atoms with E-state index >= 15 is 0 Å². The van der Waals surface area contributed by atoms with Crippen molar-refractivity contribution in [3.8, 4) is 0 Å². The van der Waals surface area contributed by atoms with Crippen LogP contribution in [0, 0.1) is 0 Å². The molecule has 0 aliphatic rings. The average molecular weight is 236 g/mol. The van der Waals surface area contributed by atoms with E-state index in [9.17, 15) is 9.59 Å². The molecule has 0 radical (unpaired) electrons. The Balaban J connectivity index is 2.96. The fourth-order valence-electron chi connectivity index (χ4n) is 1.53. The summed E-state index contributed by atoms with van der Waals surface area (Å²) in [6.07, 6.45) is 0.744. The number of amides is 2. The molecule has 1 aromatic rings. The second-order valence-electron chi connectivity index (χ2n) is 3.55. The third kappa shape index (κ3) is 3.48. The van der Waals surface area contributed by atoms with E-state index in [2.05, 4.69) is 5.32 Å². The van der Waals surface area contributed by atoms with Crippen LogP contribution in [-0.2, 0) is 17.7 Å². The van der Waals surface area contributed by atoms with Crippen molar-refractivity contribution in [1.29, 1.82) is 0 Å². The molecule has 0 bridgehead atoms. The van der Waals surface area contributed by atoms with E-state index in [1.54, 1.807) is 6.07 Å². The lowest BCUT2D eigenvalue weighted by molar-refractivity contribution is 0.0599. The molecule has 5 nitrogen and oxygen atoms in total. The van der Waals surface area contributed by atoms with Crippen molar-refractivity contribution >= 4 is 12.0 Å². The molecule has 0 atom stereocenters. The number of aryl methyl sites for hydroxylation is 1. The van der Waals surface area contributed by atoms with Crippen LogP contribution >= 0.6 is 0 Å². The van der Waals surface area contributed by atoms with Gasteiger partial charge < -0.3 is 15.8 Å². The van der Waals surface area contributed by atoms with Crippen LogP contribution in [0.3, 0.4) is 0 Å². The van der Waals surface area contributed by atoms with E-state index in [0.29, 0.717) is 12.1 Å². The third-order valence-corrected chi connectivity index (χ3v) is 2.43. The number of rotatable bonds is 4. The number of nitrogens with two attached hydrogens (primary N) is 1. The summed E-state index contributed by atoms with van der Waals surface area (Å²) >= 11 is 0. The fraction of sp³-hybridized carbons (Fsp3) is 0.333. The zero-order valence-corrected chi connectivity index (χ0v) is 9.95. The maximum atomic E-state index is 11.5. The molecular weight excluding hydrogens is 220 g/mol. The smallest absolute Gasteiger partial charge is 0.338 e. The molecule has 0 unspecified atom stereocenters. The number of benzene rings is 1. The number of carbonyl (C=O) groups is 2. The number of carbonyl (C=O) groups excluding carboxylic acids is 2. The topological polar surface area (TPSA) is 81.4 Å². The Morgan fingerprint density at radius 1 is 1.41 bits per heavy atom. The van der Waals surface area contributed by atoms with Crippen LogP contribution in [0.15, 0.2) is 18.2 Å². The highest BCUT2D eigenvalue weighted by Crippen LogP contribution is 2.14. The van der Waals surface area contributed by atoms with Gasteiger partial charge in [0.1, 0.15) is 0 Å². The Bertz CT molecular complexity index is 430. The number of hydrogen-bond acceptors (Lipinski definition) is 3. The van der Waals surface area contributed by atoms with Crippen LogP contribution in [0.25, 0.3) is 0 Å². The molecular formula is C12H16N2O3. The van der Waals surface area contributed by atoms with Gasteiger partial charge in [-0.05, 0) is 23.6 Å². The van der Waals surface area contributed by atoms with Gasteiger partial charge in [0.15, 0.2) is 0 Å². The highest BCUT2D eigenvalue weighted by molar-refractivity contribution is 5.91. The third-order valence-electron chi connectivity index (χ3n) is 2.43. The summed E-state index contributed by atoms with van der Waals surface area (Å²) in [5.74, 6) is -0.372. The number of hydrogen-bond donors (Lipinski definition) is 2. The molecule has 2 amide bonds. The fourth-order valence-corrected chi connectivity index (χ4v) is 1.53. The molecule has 1 aromatic carbocycles.